The van der Waals surface area contributed by atoms with E-state index in [4.69, 9.17) is 11.6 Å². The molecule has 47 heavy (non-hydrogen) atoms. The number of halogens is 1. The SMILES string of the molecule is N#CC1(c2ccccc2Cl)CCN(C(=O)c2cc3c(NCC(O)CO)nc(-c4ccccc4)nc3n2S(=O)(=O)c2ccccc2)CC1. The molecule has 1 amide bonds. The number of amides is 1. The lowest BCUT2D eigenvalue weighted by atomic mass is 9.74. The summed E-state index contributed by atoms with van der Waals surface area (Å²) in [6.45, 7) is -0.243. The summed E-state index contributed by atoms with van der Waals surface area (Å²) in [5, 5.41) is 33.4. The van der Waals surface area contributed by atoms with Crippen molar-refractivity contribution < 1.29 is 23.4 Å². The van der Waals surface area contributed by atoms with Crippen LogP contribution in [0.4, 0.5) is 5.82 Å². The van der Waals surface area contributed by atoms with Crippen molar-refractivity contribution in [3.63, 3.8) is 0 Å². The Morgan fingerprint density at radius 1 is 1.00 bits per heavy atom. The van der Waals surface area contributed by atoms with Crippen LogP contribution < -0.4 is 5.32 Å². The number of nitrogens with one attached hydrogen (secondary N) is 1. The first-order chi connectivity index (χ1) is 22.7. The highest BCUT2D eigenvalue weighted by Gasteiger charge is 2.40. The van der Waals surface area contributed by atoms with E-state index in [1.807, 2.05) is 18.2 Å². The number of hydrogen-bond acceptors (Lipinski definition) is 9. The van der Waals surface area contributed by atoms with Gasteiger partial charge in [0, 0.05) is 30.2 Å². The minimum atomic E-state index is -4.37. The fourth-order valence-corrected chi connectivity index (χ4v) is 7.60. The number of rotatable bonds is 9. The lowest BCUT2D eigenvalue weighted by Crippen LogP contribution is -2.45. The Balaban J connectivity index is 1.49. The maximum absolute atomic E-state index is 14.3. The zero-order chi connectivity index (χ0) is 33.2. The first-order valence-corrected chi connectivity index (χ1v) is 16.8. The van der Waals surface area contributed by atoms with E-state index in [1.165, 1.54) is 23.1 Å². The first kappa shape index (κ1) is 32.2. The molecule has 2 aromatic heterocycles. The van der Waals surface area contributed by atoms with Crippen LogP contribution in [0.15, 0.2) is 95.9 Å². The predicted molar refractivity (Wildman–Crippen MR) is 177 cm³/mol. The zero-order valence-electron chi connectivity index (χ0n) is 25.1. The second-order valence-electron chi connectivity index (χ2n) is 11.3. The minimum absolute atomic E-state index is 0.0357. The van der Waals surface area contributed by atoms with Crippen LogP contribution in [0.1, 0.15) is 28.9 Å². The van der Waals surface area contributed by atoms with Crippen LogP contribution >= 0.6 is 11.6 Å². The molecule has 0 spiro atoms. The highest BCUT2D eigenvalue weighted by Crippen LogP contribution is 2.39. The second kappa shape index (κ2) is 13.1. The van der Waals surface area contributed by atoms with Gasteiger partial charge in [0.1, 0.15) is 11.5 Å². The Morgan fingerprint density at radius 3 is 2.28 bits per heavy atom. The van der Waals surface area contributed by atoms with Crippen LogP contribution in [0.2, 0.25) is 5.02 Å². The Bertz CT molecular complexity index is 2080. The van der Waals surface area contributed by atoms with Crippen molar-refractivity contribution in [3.05, 3.63) is 107 Å². The van der Waals surface area contributed by atoms with Crippen molar-refractivity contribution in [2.45, 2.75) is 29.3 Å². The van der Waals surface area contributed by atoms with Gasteiger partial charge in [0.05, 0.1) is 34.5 Å². The number of aromatic nitrogens is 3. The predicted octanol–water partition coefficient (Wildman–Crippen LogP) is 4.45. The van der Waals surface area contributed by atoms with Gasteiger partial charge in [-0.1, -0.05) is 78.3 Å². The third-order valence-electron chi connectivity index (χ3n) is 8.37. The molecule has 5 aromatic rings. The van der Waals surface area contributed by atoms with Crippen LogP contribution in [0.25, 0.3) is 22.4 Å². The number of anilines is 1. The summed E-state index contributed by atoms with van der Waals surface area (Å²) in [5.74, 6) is -0.189. The van der Waals surface area contributed by atoms with Crippen LogP contribution in [0.3, 0.4) is 0 Å². The molecular weight excluding hydrogens is 640 g/mol. The van der Waals surface area contributed by atoms with Gasteiger partial charge in [-0.2, -0.15) is 5.26 Å². The molecule has 1 aliphatic rings. The Labute approximate surface area is 276 Å². The highest BCUT2D eigenvalue weighted by atomic mass is 35.5. The molecule has 13 heteroatoms. The second-order valence-corrected chi connectivity index (χ2v) is 13.5. The summed E-state index contributed by atoms with van der Waals surface area (Å²) in [6.07, 6.45) is -0.522. The quantitative estimate of drug-likeness (QED) is 0.206. The van der Waals surface area contributed by atoms with Gasteiger partial charge in [0.15, 0.2) is 11.5 Å². The maximum atomic E-state index is 14.3. The molecule has 0 radical (unpaired) electrons. The summed E-state index contributed by atoms with van der Waals surface area (Å²) in [6, 6.07) is 27.7. The van der Waals surface area contributed by atoms with Crippen LogP contribution in [-0.2, 0) is 15.4 Å². The van der Waals surface area contributed by atoms with Crippen LogP contribution in [0, 0.1) is 11.3 Å². The summed E-state index contributed by atoms with van der Waals surface area (Å²) in [7, 11) is -4.37. The van der Waals surface area contributed by atoms with Gasteiger partial charge in [0.25, 0.3) is 15.9 Å². The van der Waals surface area contributed by atoms with E-state index in [2.05, 4.69) is 21.4 Å². The molecule has 1 fully saturated rings. The topological polar surface area (TPSA) is 161 Å². The lowest BCUT2D eigenvalue weighted by molar-refractivity contribution is 0.0685. The van der Waals surface area contributed by atoms with E-state index in [0.29, 0.717) is 29.0 Å². The summed E-state index contributed by atoms with van der Waals surface area (Å²) >= 11 is 6.47. The van der Waals surface area contributed by atoms with Gasteiger partial charge in [-0.3, -0.25) is 4.79 Å². The number of aliphatic hydroxyl groups excluding tert-OH is 2. The molecule has 6 rings (SSSR count). The van der Waals surface area contributed by atoms with Gasteiger partial charge < -0.3 is 20.4 Å². The molecule has 0 bridgehead atoms. The van der Waals surface area contributed by atoms with E-state index < -0.39 is 34.1 Å². The summed E-state index contributed by atoms with van der Waals surface area (Å²) < 4.78 is 29.6. The van der Waals surface area contributed by atoms with Gasteiger partial charge >= 0.3 is 0 Å². The average molecular weight is 671 g/mol. The average Bonchev–Trinajstić information content (AvgIpc) is 3.52. The smallest absolute Gasteiger partial charge is 0.271 e. The minimum Gasteiger partial charge on any atom is -0.394 e. The van der Waals surface area contributed by atoms with Crippen molar-refractivity contribution in [1.82, 2.24) is 18.8 Å². The Morgan fingerprint density at radius 2 is 1.64 bits per heavy atom. The van der Waals surface area contributed by atoms with Gasteiger partial charge in [0.2, 0.25) is 0 Å². The molecule has 11 nitrogen and oxygen atoms in total. The molecule has 3 heterocycles. The molecule has 3 N–H and O–H groups in total. The Hall–Kier alpha value is -4.80. The molecule has 0 aliphatic carbocycles. The number of aliphatic hydroxyl groups is 2. The maximum Gasteiger partial charge on any atom is 0.271 e. The van der Waals surface area contributed by atoms with E-state index in [-0.39, 0.29) is 52.9 Å². The monoisotopic (exact) mass is 670 g/mol. The number of nitriles is 1. The summed E-state index contributed by atoms with van der Waals surface area (Å²) in [5.41, 5.74) is 0.198. The molecule has 1 atom stereocenters. The van der Waals surface area contributed by atoms with E-state index in [9.17, 15) is 28.7 Å². The van der Waals surface area contributed by atoms with Crippen molar-refractivity contribution >= 4 is 44.4 Å². The third-order valence-corrected chi connectivity index (χ3v) is 10.4. The number of hydrogen-bond donors (Lipinski definition) is 3. The largest absolute Gasteiger partial charge is 0.394 e. The first-order valence-electron chi connectivity index (χ1n) is 15.0. The number of fused-ring (bicyclic) bond motifs is 1. The van der Waals surface area contributed by atoms with Crippen molar-refractivity contribution in [3.8, 4) is 17.5 Å². The van der Waals surface area contributed by atoms with E-state index in [0.717, 1.165) is 3.97 Å². The molecular formula is C34H31ClN6O5S. The molecule has 1 saturated heterocycles. The molecule has 1 aliphatic heterocycles. The number of piperidine rings is 1. The molecule has 240 valence electrons. The fourth-order valence-electron chi connectivity index (χ4n) is 5.82. The van der Waals surface area contributed by atoms with E-state index in [1.54, 1.807) is 54.6 Å². The molecule has 1 unspecified atom stereocenters. The van der Waals surface area contributed by atoms with Crippen molar-refractivity contribution in [2.75, 3.05) is 31.6 Å². The highest BCUT2D eigenvalue weighted by molar-refractivity contribution is 7.90. The van der Waals surface area contributed by atoms with Crippen molar-refractivity contribution in [1.29, 1.82) is 5.26 Å². The normalized spacial score (nSPS) is 15.2. The number of nitrogens with zero attached hydrogens (tertiary/aromatic N) is 5. The number of carbonyl (C=O) groups is 1. The summed E-state index contributed by atoms with van der Waals surface area (Å²) in [4.78, 5) is 25.1. The number of carbonyl (C=O) groups excluding carboxylic acids is 1. The van der Waals surface area contributed by atoms with Gasteiger partial charge in [-0.25, -0.2) is 22.4 Å². The molecule has 0 saturated carbocycles. The standard InChI is InChI=1S/C34H31ClN6O5S/c35-28-14-8-7-13-27(28)34(22-36)15-17-40(18-16-34)33(44)29-19-26-31(37-20-24(43)21-42)38-30(23-9-3-1-4-10-23)39-32(26)41(29)47(45,46)25-11-5-2-6-12-25/h1-14,19,24,42-43H,15-18,20-21H2,(H,37,38,39). The number of benzene rings is 3. The van der Waals surface area contributed by atoms with Crippen LogP contribution in [0.5, 0.6) is 0 Å². The Kier molecular flexibility index (Phi) is 8.98. The fraction of sp³-hybridized carbons (Fsp3) is 0.235. The van der Waals surface area contributed by atoms with Gasteiger partial charge in [-0.15, -0.1) is 0 Å². The van der Waals surface area contributed by atoms with Gasteiger partial charge in [-0.05, 0) is 42.7 Å². The van der Waals surface area contributed by atoms with Crippen LogP contribution in [-0.4, -0.2) is 75.7 Å². The number of likely N-dealkylation sites (tertiary alicyclic amines) is 1. The van der Waals surface area contributed by atoms with Crippen molar-refractivity contribution in [2.24, 2.45) is 0 Å². The lowest BCUT2D eigenvalue weighted by Gasteiger charge is -2.38. The van der Waals surface area contributed by atoms with E-state index >= 15 is 0 Å². The molecule has 3 aromatic carbocycles. The third kappa shape index (κ3) is 6.06. The zero-order valence-corrected chi connectivity index (χ0v) is 26.7.